The molecule has 2 aromatic heterocycles. The van der Waals surface area contributed by atoms with Gasteiger partial charge < -0.3 is 9.47 Å². The molecule has 0 amide bonds. The Hall–Kier alpha value is -3.62. The van der Waals surface area contributed by atoms with Crippen molar-refractivity contribution in [1.29, 1.82) is 0 Å². The monoisotopic (exact) mass is 386 g/mol. The molecule has 0 unspecified atom stereocenters. The average Bonchev–Trinajstić information content (AvgIpc) is 3.07. The summed E-state index contributed by atoms with van der Waals surface area (Å²) in [7, 11) is 1.57. The van der Waals surface area contributed by atoms with Crippen molar-refractivity contribution in [3.8, 4) is 34.0 Å². The van der Waals surface area contributed by atoms with Gasteiger partial charge >= 0.3 is 6.36 Å². The van der Waals surface area contributed by atoms with E-state index in [1.165, 1.54) is 30.5 Å². The number of alkyl halides is 3. The number of aromatic nitrogens is 4. The third-order valence-electron chi connectivity index (χ3n) is 4.05. The number of imidazole rings is 1. The smallest absolute Gasteiger partial charge is 0.497 e. The van der Waals surface area contributed by atoms with Crippen LogP contribution >= 0.6 is 0 Å². The van der Waals surface area contributed by atoms with Crippen LogP contribution in [0.3, 0.4) is 0 Å². The van der Waals surface area contributed by atoms with Crippen molar-refractivity contribution in [1.82, 2.24) is 19.6 Å². The first kappa shape index (κ1) is 17.8. The topological polar surface area (TPSA) is 61.5 Å². The van der Waals surface area contributed by atoms with E-state index in [0.29, 0.717) is 28.5 Å². The van der Waals surface area contributed by atoms with E-state index < -0.39 is 6.36 Å². The lowest BCUT2D eigenvalue weighted by Crippen LogP contribution is -2.16. The lowest BCUT2D eigenvalue weighted by molar-refractivity contribution is -0.274. The van der Waals surface area contributed by atoms with Crippen LogP contribution < -0.4 is 9.47 Å². The summed E-state index contributed by atoms with van der Waals surface area (Å²) >= 11 is 0. The van der Waals surface area contributed by atoms with E-state index in [4.69, 9.17) is 4.74 Å². The van der Waals surface area contributed by atoms with Gasteiger partial charge in [-0.15, -0.1) is 18.3 Å². The molecule has 4 rings (SSSR count). The molecule has 28 heavy (non-hydrogen) atoms. The van der Waals surface area contributed by atoms with Crippen LogP contribution in [0.1, 0.15) is 0 Å². The Balaban J connectivity index is 1.83. The Bertz CT molecular complexity index is 1110. The molecule has 0 aliphatic carbocycles. The van der Waals surface area contributed by atoms with Crippen molar-refractivity contribution in [2.24, 2.45) is 0 Å². The summed E-state index contributed by atoms with van der Waals surface area (Å²) in [5, 5.41) is 7.86. The van der Waals surface area contributed by atoms with Crippen LogP contribution in [-0.2, 0) is 0 Å². The third-order valence-corrected chi connectivity index (χ3v) is 4.05. The number of halogens is 3. The number of benzene rings is 2. The number of rotatable bonds is 4. The molecule has 6 nitrogen and oxygen atoms in total. The van der Waals surface area contributed by atoms with Crippen LogP contribution in [0.5, 0.6) is 11.5 Å². The van der Waals surface area contributed by atoms with Gasteiger partial charge in [0.25, 0.3) is 5.78 Å². The van der Waals surface area contributed by atoms with Crippen molar-refractivity contribution < 1.29 is 22.6 Å². The highest BCUT2D eigenvalue weighted by molar-refractivity contribution is 5.81. The zero-order valence-corrected chi connectivity index (χ0v) is 14.5. The maximum atomic E-state index is 12.4. The van der Waals surface area contributed by atoms with E-state index in [0.717, 1.165) is 5.56 Å². The molecule has 2 heterocycles. The fraction of sp³-hybridized carbons (Fsp3) is 0.105. The van der Waals surface area contributed by atoms with Gasteiger partial charge in [0.05, 0.1) is 24.7 Å². The van der Waals surface area contributed by atoms with Crippen molar-refractivity contribution in [3.05, 3.63) is 60.9 Å². The van der Waals surface area contributed by atoms with E-state index in [1.807, 2.05) is 12.1 Å². The summed E-state index contributed by atoms with van der Waals surface area (Å²) in [4.78, 5) is 4.53. The van der Waals surface area contributed by atoms with Gasteiger partial charge in [0.15, 0.2) is 0 Å². The van der Waals surface area contributed by atoms with Gasteiger partial charge in [0.2, 0.25) is 0 Å². The molecule has 9 heteroatoms. The molecule has 0 aliphatic heterocycles. The van der Waals surface area contributed by atoms with Crippen LogP contribution in [0.25, 0.3) is 28.3 Å². The van der Waals surface area contributed by atoms with Crippen LogP contribution in [0.15, 0.2) is 60.9 Å². The SMILES string of the molecule is COc1ccc(-c2nc3nnccn3c2-c2ccc(OC(F)(F)F)cc2)cc1. The van der Waals surface area contributed by atoms with Gasteiger partial charge in [0, 0.05) is 17.3 Å². The molecular formula is C19H13F3N4O2. The molecule has 0 atom stereocenters. The number of hydrogen-bond acceptors (Lipinski definition) is 5. The minimum atomic E-state index is -4.74. The predicted molar refractivity (Wildman–Crippen MR) is 94.9 cm³/mol. The second-order valence-corrected chi connectivity index (χ2v) is 5.79. The van der Waals surface area contributed by atoms with Gasteiger partial charge in [-0.05, 0) is 48.5 Å². The second kappa shape index (κ2) is 6.84. The van der Waals surface area contributed by atoms with E-state index in [2.05, 4.69) is 19.9 Å². The Kier molecular flexibility index (Phi) is 4.34. The molecule has 0 spiro atoms. The van der Waals surface area contributed by atoms with Crippen molar-refractivity contribution in [2.75, 3.05) is 7.11 Å². The summed E-state index contributed by atoms with van der Waals surface area (Å²) in [6.07, 6.45) is -1.54. The normalized spacial score (nSPS) is 11.6. The fourth-order valence-corrected chi connectivity index (χ4v) is 2.85. The molecule has 142 valence electrons. The molecule has 0 aliphatic rings. The quantitative estimate of drug-likeness (QED) is 0.521. The van der Waals surface area contributed by atoms with Gasteiger partial charge in [-0.2, -0.15) is 5.10 Å². The fourth-order valence-electron chi connectivity index (χ4n) is 2.85. The van der Waals surface area contributed by atoms with Crippen LogP contribution in [0.2, 0.25) is 0 Å². The van der Waals surface area contributed by atoms with Crippen LogP contribution in [-0.4, -0.2) is 33.1 Å². The van der Waals surface area contributed by atoms with Crippen molar-refractivity contribution >= 4 is 5.78 Å². The maximum absolute atomic E-state index is 12.4. The Morgan fingerprint density at radius 2 is 1.54 bits per heavy atom. The minimum absolute atomic E-state index is 0.295. The van der Waals surface area contributed by atoms with Crippen LogP contribution in [0.4, 0.5) is 13.2 Å². The van der Waals surface area contributed by atoms with E-state index in [-0.39, 0.29) is 5.75 Å². The summed E-state index contributed by atoms with van der Waals surface area (Å²) in [5.74, 6) is 0.775. The lowest BCUT2D eigenvalue weighted by atomic mass is 10.0. The molecular weight excluding hydrogens is 373 g/mol. The highest BCUT2D eigenvalue weighted by Crippen LogP contribution is 2.34. The third kappa shape index (κ3) is 3.46. The first-order chi connectivity index (χ1) is 13.4. The zero-order chi connectivity index (χ0) is 19.7. The van der Waals surface area contributed by atoms with Crippen LogP contribution in [0, 0.1) is 0 Å². The van der Waals surface area contributed by atoms with Gasteiger partial charge in [-0.1, -0.05) is 0 Å². The molecule has 0 saturated heterocycles. The largest absolute Gasteiger partial charge is 0.573 e. The molecule has 0 saturated carbocycles. The first-order valence-electron chi connectivity index (χ1n) is 8.15. The first-order valence-corrected chi connectivity index (χ1v) is 8.15. The second-order valence-electron chi connectivity index (χ2n) is 5.79. The van der Waals surface area contributed by atoms with E-state index in [9.17, 15) is 13.2 Å². The maximum Gasteiger partial charge on any atom is 0.573 e. The highest BCUT2D eigenvalue weighted by Gasteiger charge is 2.31. The number of nitrogens with zero attached hydrogens (tertiary/aromatic N) is 4. The lowest BCUT2D eigenvalue weighted by Gasteiger charge is -2.10. The molecule has 2 aromatic carbocycles. The summed E-state index contributed by atoms with van der Waals surface area (Å²) < 4.78 is 48.1. The van der Waals surface area contributed by atoms with Crippen molar-refractivity contribution in [3.63, 3.8) is 0 Å². The predicted octanol–water partition coefficient (Wildman–Crippen LogP) is 4.37. The summed E-state index contributed by atoms with van der Waals surface area (Å²) in [5.41, 5.74) is 2.75. The molecule has 0 radical (unpaired) electrons. The van der Waals surface area contributed by atoms with Gasteiger partial charge in [0.1, 0.15) is 11.5 Å². The molecule has 0 bridgehead atoms. The molecule has 0 N–H and O–H groups in total. The van der Waals surface area contributed by atoms with E-state index in [1.54, 1.807) is 29.8 Å². The molecule has 4 aromatic rings. The van der Waals surface area contributed by atoms with Crippen molar-refractivity contribution in [2.45, 2.75) is 6.36 Å². The average molecular weight is 386 g/mol. The highest BCUT2D eigenvalue weighted by atomic mass is 19.4. The number of ether oxygens (including phenoxy) is 2. The Morgan fingerprint density at radius 3 is 2.18 bits per heavy atom. The summed E-state index contributed by atoms with van der Waals surface area (Å²) in [6, 6.07) is 12.9. The van der Waals surface area contributed by atoms with E-state index >= 15 is 0 Å². The molecule has 0 fully saturated rings. The number of methoxy groups -OCH3 is 1. The zero-order valence-electron chi connectivity index (χ0n) is 14.5. The standard InChI is InChI=1S/C19H13F3N4O2/c1-27-14-6-2-12(3-7-14)16-17(26-11-10-23-25-18(26)24-16)13-4-8-15(9-5-13)28-19(20,21)22/h2-11H,1H3. The summed E-state index contributed by atoms with van der Waals surface area (Å²) in [6.45, 7) is 0. The number of fused-ring (bicyclic) bond motifs is 1. The van der Waals surface area contributed by atoms with Gasteiger partial charge in [-0.25, -0.2) is 4.98 Å². The number of hydrogen-bond donors (Lipinski definition) is 0. The minimum Gasteiger partial charge on any atom is -0.497 e. The Labute approximate surface area is 157 Å². The Morgan fingerprint density at radius 1 is 0.893 bits per heavy atom. The van der Waals surface area contributed by atoms with Gasteiger partial charge in [-0.3, -0.25) is 4.40 Å².